The Morgan fingerprint density at radius 3 is 2.39 bits per heavy atom. The number of carbonyl (C=O) groups excluding carboxylic acids is 1. The Balaban J connectivity index is 1.39. The SMILES string of the molecule is Cc1ccccc1Cn1nc(C)c(NC(=O)Cn2nc(C)c3c(-c4ccc(F)cc4)ccnc32)c1C. The highest BCUT2D eigenvalue weighted by molar-refractivity contribution is 5.96. The second kappa shape index (κ2) is 9.37. The summed E-state index contributed by atoms with van der Waals surface area (Å²) in [4.78, 5) is 17.6. The van der Waals surface area contributed by atoms with Crippen molar-refractivity contribution in [2.45, 2.75) is 40.8 Å². The lowest BCUT2D eigenvalue weighted by atomic mass is 10.0. The normalized spacial score (nSPS) is 11.2. The summed E-state index contributed by atoms with van der Waals surface area (Å²) < 4.78 is 16.9. The van der Waals surface area contributed by atoms with Crippen LogP contribution in [0.3, 0.4) is 0 Å². The quantitative estimate of drug-likeness (QED) is 0.354. The molecule has 3 heterocycles. The minimum atomic E-state index is -0.291. The van der Waals surface area contributed by atoms with E-state index in [9.17, 15) is 9.18 Å². The van der Waals surface area contributed by atoms with Crippen molar-refractivity contribution in [1.29, 1.82) is 0 Å². The molecule has 1 N–H and O–H groups in total. The van der Waals surface area contributed by atoms with Gasteiger partial charge in [0.15, 0.2) is 5.65 Å². The first-order valence-corrected chi connectivity index (χ1v) is 11.8. The van der Waals surface area contributed by atoms with Gasteiger partial charge >= 0.3 is 0 Å². The summed E-state index contributed by atoms with van der Waals surface area (Å²) in [5, 5.41) is 13.1. The zero-order valence-electron chi connectivity index (χ0n) is 20.7. The fourth-order valence-corrected chi connectivity index (χ4v) is 4.56. The number of rotatable bonds is 6. The van der Waals surface area contributed by atoms with Gasteiger partial charge in [-0.25, -0.2) is 14.1 Å². The first-order chi connectivity index (χ1) is 17.3. The largest absolute Gasteiger partial charge is 0.321 e. The van der Waals surface area contributed by atoms with Gasteiger partial charge < -0.3 is 5.32 Å². The molecule has 0 fully saturated rings. The Hall–Kier alpha value is -4.33. The molecule has 7 nitrogen and oxygen atoms in total. The number of anilines is 1. The van der Waals surface area contributed by atoms with E-state index in [2.05, 4.69) is 39.6 Å². The van der Waals surface area contributed by atoms with Gasteiger partial charge in [0.1, 0.15) is 12.4 Å². The molecular weight excluding hydrogens is 455 g/mol. The third-order valence-electron chi connectivity index (χ3n) is 6.48. The Labute approximate surface area is 208 Å². The average molecular weight is 483 g/mol. The molecule has 0 saturated carbocycles. The molecule has 0 radical (unpaired) electrons. The molecule has 182 valence electrons. The molecule has 2 aromatic carbocycles. The van der Waals surface area contributed by atoms with Crippen LogP contribution >= 0.6 is 0 Å². The number of hydrogen-bond acceptors (Lipinski definition) is 4. The second-order valence-electron chi connectivity index (χ2n) is 8.99. The van der Waals surface area contributed by atoms with Gasteiger partial charge in [0.25, 0.3) is 0 Å². The van der Waals surface area contributed by atoms with Crippen molar-refractivity contribution < 1.29 is 9.18 Å². The van der Waals surface area contributed by atoms with E-state index < -0.39 is 0 Å². The van der Waals surface area contributed by atoms with E-state index in [1.807, 2.05) is 43.7 Å². The zero-order valence-corrected chi connectivity index (χ0v) is 20.7. The van der Waals surface area contributed by atoms with Gasteiger partial charge in [-0.05, 0) is 68.1 Å². The summed E-state index contributed by atoms with van der Waals surface area (Å²) in [6.07, 6.45) is 1.68. The average Bonchev–Trinajstić information content (AvgIpc) is 3.31. The van der Waals surface area contributed by atoms with E-state index in [0.717, 1.165) is 33.6 Å². The predicted octanol–water partition coefficient (Wildman–Crippen LogP) is 5.35. The maximum absolute atomic E-state index is 13.4. The topological polar surface area (TPSA) is 77.6 Å². The minimum absolute atomic E-state index is 0.00602. The molecule has 8 heteroatoms. The van der Waals surface area contributed by atoms with Crippen LogP contribution in [0.25, 0.3) is 22.2 Å². The maximum atomic E-state index is 13.4. The summed E-state index contributed by atoms with van der Waals surface area (Å²) in [6.45, 7) is 8.45. The number of aryl methyl sites for hydroxylation is 3. The summed E-state index contributed by atoms with van der Waals surface area (Å²) in [6, 6.07) is 16.4. The standard InChI is InChI=1S/C28H27FN6O/c1-17-7-5-6-8-22(17)15-34-20(4)27(19(3)33-34)31-25(36)16-35-28-26(18(2)32-35)24(13-14-30-28)21-9-11-23(29)12-10-21/h5-14H,15-16H2,1-4H3,(H,31,36). The molecule has 0 atom stereocenters. The number of aromatic nitrogens is 5. The van der Waals surface area contributed by atoms with Crippen LogP contribution in [0.15, 0.2) is 60.8 Å². The Kier molecular flexibility index (Phi) is 6.10. The molecule has 5 aromatic rings. The summed E-state index contributed by atoms with van der Waals surface area (Å²) in [7, 11) is 0. The fraction of sp³-hybridized carbons (Fsp3) is 0.214. The van der Waals surface area contributed by atoms with Gasteiger partial charge in [0.05, 0.1) is 29.3 Å². The van der Waals surface area contributed by atoms with Gasteiger partial charge in [0, 0.05) is 11.6 Å². The van der Waals surface area contributed by atoms with Crippen molar-refractivity contribution in [3.8, 4) is 11.1 Å². The number of benzene rings is 2. The summed E-state index contributed by atoms with van der Waals surface area (Å²) >= 11 is 0. The number of halogens is 1. The summed E-state index contributed by atoms with van der Waals surface area (Å²) in [5.74, 6) is -0.504. The molecule has 0 bridgehead atoms. The molecule has 0 spiro atoms. The molecule has 0 aliphatic carbocycles. The molecule has 0 unspecified atom stereocenters. The molecule has 5 rings (SSSR count). The van der Waals surface area contributed by atoms with Crippen LogP contribution in [0.2, 0.25) is 0 Å². The number of nitrogens with one attached hydrogen (secondary N) is 1. The van der Waals surface area contributed by atoms with Gasteiger partial charge in [0.2, 0.25) is 5.91 Å². The van der Waals surface area contributed by atoms with Crippen LogP contribution < -0.4 is 5.32 Å². The molecule has 0 saturated heterocycles. The van der Waals surface area contributed by atoms with Crippen molar-refractivity contribution in [1.82, 2.24) is 24.5 Å². The van der Waals surface area contributed by atoms with Gasteiger partial charge in [-0.15, -0.1) is 0 Å². The van der Waals surface area contributed by atoms with Crippen molar-refractivity contribution in [2.24, 2.45) is 0 Å². The molecule has 3 aromatic heterocycles. The zero-order chi connectivity index (χ0) is 25.4. The number of pyridine rings is 1. The van der Waals surface area contributed by atoms with Gasteiger partial charge in [-0.2, -0.15) is 10.2 Å². The smallest absolute Gasteiger partial charge is 0.246 e. The highest BCUT2D eigenvalue weighted by atomic mass is 19.1. The Morgan fingerprint density at radius 2 is 1.64 bits per heavy atom. The van der Waals surface area contributed by atoms with E-state index in [1.54, 1.807) is 23.0 Å². The monoisotopic (exact) mass is 482 g/mol. The van der Waals surface area contributed by atoms with Crippen molar-refractivity contribution in [2.75, 3.05) is 5.32 Å². The Bertz CT molecular complexity index is 1580. The van der Waals surface area contributed by atoms with E-state index in [0.29, 0.717) is 17.9 Å². The number of hydrogen-bond donors (Lipinski definition) is 1. The highest BCUT2D eigenvalue weighted by Crippen LogP contribution is 2.30. The van der Waals surface area contributed by atoms with Crippen LogP contribution in [0, 0.1) is 33.5 Å². The van der Waals surface area contributed by atoms with Crippen LogP contribution in [0.1, 0.15) is 28.2 Å². The first kappa shape index (κ1) is 23.4. The highest BCUT2D eigenvalue weighted by Gasteiger charge is 2.19. The lowest BCUT2D eigenvalue weighted by molar-refractivity contribution is -0.116. The first-order valence-electron chi connectivity index (χ1n) is 11.8. The van der Waals surface area contributed by atoms with Crippen LogP contribution in [0.4, 0.5) is 10.1 Å². The lowest BCUT2D eigenvalue weighted by Gasteiger charge is -2.09. The van der Waals surface area contributed by atoms with E-state index in [1.165, 1.54) is 23.3 Å². The third kappa shape index (κ3) is 4.37. The molecule has 36 heavy (non-hydrogen) atoms. The third-order valence-corrected chi connectivity index (χ3v) is 6.48. The minimum Gasteiger partial charge on any atom is -0.321 e. The van der Waals surface area contributed by atoms with Gasteiger partial charge in [-0.3, -0.25) is 9.48 Å². The van der Waals surface area contributed by atoms with E-state index >= 15 is 0 Å². The van der Waals surface area contributed by atoms with Crippen LogP contribution in [-0.2, 0) is 17.9 Å². The van der Waals surface area contributed by atoms with Gasteiger partial charge in [-0.1, -0.05) is 36.4 Å². The fourth-order valence-electron chi connectivity index (χ4n) is 4.56. The number of fused-ring (bicyclic) bond motifs is 1. The van der Waals surface area contributed by atoms with Crippen LogP contribution in [-0.4, -0.2) is 30.5 Å². The van der Waals surface area contributed by atoms with E-state index in [-0.39, 0.29) is 18.3 Å². The molecule has 1 amide bonds. The second-order valence-corrected chi connectivity index (χ2v) is 8.99. The number of amides is 1. The Morgan fingerprint density at radius 1 is 0.917 bits per heavy atom. The van der Waals surface area contributed by atoms with E-state index in [4.69, 9.17) is 0 Å². The van der Waals surface area contributed by atoms with Crippen molar-refractivity contribution >= 4 is 22.6 Å². The predicted molar refractivity (Wildman–Crippen MR) is 138 cm³/mol. The van der Waals surface area contributed by atoms with Crippen molar-refractivity contribution in [3.63, 3.8) is 0 Å². The molecule has 0 aliphatic rings. The lowest BCUT2D eigenvalue weighted by Crippen LogP contribution is -2.20. The number of carbonyl (C=O) groups is 1. The molecule has 0 aliphatic heterocycles. The summed E-state index contributed by atoms with van der Waals surface area (Å²) in [5.41, 5.74) is 7.86. The van der Waals surface area contributed by atoms with Crippen molar-refractivity contribution in [3.05, 3.63) is 94.8 Å². The van der Waals surface area contributed by atoms with Crippen LogP contribution in [0.5, 0.6) is 0 Å². The maximum Gasteiger partial charge on any atom is 0.246 e. The number of nitrogens with zero attached hydrogens (tertiary/aromatic N) is 5. The molecular formula is C28H27FN6O.